The van der Waals surface area contributed by atoms with Gasteiger partial charge < -0.3 is 61.2 Å². The van der Waals surface area contributed by atoms with Crippen molar-refractivity contribution in [2.24, 2.45) is 121 Å². The molecule has 19 nitrogen and oxygen atoms in total. The van der Waals surface area contributed by atoms with Crippen LogP contribution in [-0.4, -0.2) is 148 Å². The lowest BCUT2D eigenvalue weighted by molar-refractivity contribution is 0.393. The van der Waals surface area contributed by atoms with Crippen molar-refractivity contribution in [3.8, 4) is 6.07 Å². The number of nitrogens with one attached hydrogen (secondary N) is 9. The fourth-order valence-electron chi connectivity index (χ4n) is 24.0. The summed E-state index contributed by atoms with van der Waals surface area (Å²) in [6, 6.07) is 38.4. The number of pyridine rings is 1. The smallest absolute Gasteiger partial charge is 0.141 e. The third-order valence-electron chi connectivity index (χ3n) is 31.1. The molecule has 129 heavy (non-hydrogen) atoms. The molecule has 15 heterocycles. The van der Waals surface area contributed by atoms with Gasteiger partial charge in [0.05, 0.1) is 48.0 Å². The summed E-state index contributed by atoms with van der Waals surface area (Å²) in [5.41, 5.74) is 26.0. The molecule has 0 bridgehead atoms. The van der Waals surface area contributed by atoms with Gasteiger partial charge in [-0.3, -0.25) is 14.3 Å². The maximum absolute atomic E-state index is 13.6. The number of furan rings is 2. The predicted molar refractivity (Wildman–Crippen MR) is 515 cm³/mol. The van der Waals surface area contributed by atoms with Gasteiger partial charge in [0.15, 0.2) is 0 Å². The van der Waals surface area contributed by atoms with Crippen LogP contribution in [-0.2, 0) is 14.1 Å². The van der Waals surface area contributed by atoms with Crippen LogP contribution in [0.1, 0.15) is 131 Å². The molecule has 0 spiro atoms. The first-order valence-electron chi connectivity index (χ1n) is 48.2. The molecule has 9 fully saturated rings. The first-order valence-corrected chi connectivity index (χ1v) is 48.2. The van der Waals surface area contributed by atoms with E-state index in [1.807, 2.05) is 111 Å². The van der Waals surface area contributed by atoms with Crippen LogP contribution in [0.2, 0.25) is 0 Å². The highest BCUT2D eigenvalue weighted by atomic mass is 19.1. The van der Waals surface area contributed by atoms with Crippen LogP contribution in [0.25, 0.3) is 50.2 Å². The molecule has 6 aromatic heterocycles. The fraction of sp³-hybridized carbons (Fsp3) is 0.459. The maximum Gasteiger partial charge on any atom is 0.141 e. The normalized spacial score (nSPS) is 29.9. The summed E-state index contributed by atoms with van der Waals surface area (Å²) < 4.78 is 33.1. The Morgan fingerprint density at radius 1 is 0.380 bits per heavy atom. The Morgan fingerprint density at radius 2 is 0.806 bits per heavy atom. The highest BCUT2D eigenvalue weighted by molar-refractivity contribution is 5.76. The van der Waals surface area contributed by atoms with E-state index in [1.165, 1.54) is 174 Å². The SMILES string of the molecule is C1=C(c2cccnc2)CC2CNCC12.C1=C(c2ccco2)CC2CNCC12.C1=C(c2ccoc2)CC2CNCC12.Cc1ccccc1C1=CC2CNCC2C1.Cc1noc(C)c1C1=CC2CNCC2C1.Cn1cc(C2=CC3CNCC3C2)cn1.Cn1nccc1C1=CC2CNCC2C1.Fc1ccccc1C1=CC2CNCC2C1.N#Cc1ccccc1C1=CC2CNCC2C1. The van der Waals surface area contributed by atoms with Gasteiger partial charge in [0.25, 0.3) is 0 Å². The Kier molecular flexibility index (Phi) is 28.0. The monoisotopic (exact) mass is 1730 g/mol. The lowest BCUT2D eigenvalue weighted by atomic mass is 9.96. The van der Waals surface area contributed by atoms with Gasteiger partial charge in [0.2, 0.25) is 0 Å². The lowest BCUT2D eigenvalue weighted by Crippen LogP contribution is -2.09. The van der Waals surface area contributed by atoms with Crippen molar-refractivity contribution in [1.29, 1.82) is 5.26 Å². The van der Waals surface area contributed by atoms with Gasteiger partial charge >= 0.3 is 0 Å². The van der Waals surface area contributed by atoms with Gasteiger partial charge in [0.1, 0.15) is 17.3 Å². The number of benzene rings is 3. The first kappa shape index (κ1) is 88.0. The zero-order valence-electron chi connectivity index (χ0n) is 75.9. The van der Waals surface area contributed by atoms with Crippen molar-refractivity contribution in [3.05, 3.63) is 292 Å². The van der Waals surface area contributed by atoms with Crippen molar-refractivity contribution in [1.82, 2.24) is 77.6 Å². The number of allylic oxidation sites excluding steroid dienone is 9. The van der Waals surface area contributed by atoms with E-state index in [1.54, 1.807) is 30.2 Å². The number of aryl methyl sites for hydroxylation is 5. The molecular weight excluding hydrogens is 1600 g/mol. The molecule has 9 aromatic rings. The largest absolute Gasteiger partial charge is 0.472 e. The van der Waals surface area contributed by atoms with Crippen LogP contribution in [0.3, 0.4) is 0 Å². The summed E-state index contributed by atoms with van der Waals surface area (Å²) in [4.78, 5) is 4.17. The van der Waals surface area contributed by atoms with Crippen molar-refractivity contribution in [2.75, 3.05) is 118 Å². The number of fused-ring (bicyclic) bond motifs is 9. The molecular formula is C109H131FN16O3. The summed E-state index contributed by atoms with van der Waals surface area (Å²) in [5, 5.41) is 52.4. The average molecular weight is 1730 g/mol. The van der Waals surface area contributed by atoms with Gasteiger partial charge in [-0.05, 0) is 359 Å². The van der Waals surface area contributed by atoms with Gasteiger partial charge in [-0.2, -0.15) is 15.5 Å². The van der Waals surface area contributed by atoms with Crippen molar-refractivity contribution < 1.29 is 17.7 Å². The second-order valence-corrected chi connectivity index (χ2v) is 39.4. The van der Waals surface area contributed by atoms with Crippen LogP contribution in [0, 0.1) is 144 Å². The number of halogens is 1. The fourth-order valence-corrected chi connectivity index (χ4v) is 24.0. The van der Waals surface area contributed by atoms with E-state index in [9.17, 15) is 4.39 Å². The molecule has 9 aliphatic carbocycles. The lowest BCUT2D eigenvalue weighted by Gasteiger charge is -2.08. The summed E-state index contributed by atoms with van der Waals surface area (Å²) in [6.45, 7) is 27.0. The number of nitriles is 1. The average Bonchev–Trinajstić information content (AvgIpc) is 1.64. The minimum Gasteiger partial charge on any atom is -0.472 e. The highest BCUT2D eigenvalue weighted by Gasteiger charge is 2.40. The molecule has 9 aliphatic heterocycles. The second-order valence-electron chi connectivity index (χ2n) is 39.4. The van der Waals surface area contributed by atoms with Crippen molar-refractivity contribution >= 4 is 50.2 Å². The summed E-state index contributed by atoms with van der Waals surface area (Å²) in [5.74, 6) is 15.9. The van der Waals surface area contributed by atoms with E-state index >= 15 is 0 Å². The molecule has 9 N–H and O–H groups in total. The number of hydrogen-bond donors (Lipinski definition) is 9. The van der Waals surface area contributed by atoms with Gasteiger partial charge in [-0.25, -0.2) is 4.39 Å². The zero-order chi connectivity index (χ0) is 87.7. The zero-order valence-corrected chi connectivity index (χ0v) is 75.9. The highest BCUT2D eigenvalue weighted by Crippen LogP contribution is 2.47. The molecule has 9 saturated heterocycles. The topological polar surface area (TPSA) is 233 Å². The third-order valence-corrected chi connectivity index (χ3v) is 31.1. The van der Waals surface area contributed by atoms with Crippen molar-refractivity contribution in [3.63, 3.8) is 0 Å². The van der Waals surface area contributed by atoms with E-state index in [0.717, 1.165) is 208 Å². The maximum atomic E-state index is 13.6. The number of aromatic nitrogens is 6. The number of nitrogens with zero attached hydrogens (tertiary/aromatic N) is 7. The van der Waals surface area contributed by atoms with E-state index in [4.69, 9.17) is 18.6 Å². The van der Waals surface area contributed by atoms with Crippen LogP contribution in [0.4, 0.5) is 4.39 Å². The number of rotatable bonds is 9. The Bertz CT molecular complexity index is 5500. The Hall–Kier alpha value is -10.3. The molecule has 3 aromatic carbocycles. The molecule has 0 amide bonds. The molecule has 20 heteroatoms. The van der Waals surface area contributed by atoms with Gasteiger partial charge in [0, 0.05) is 120 Å². The van der Waals surface area contributed by atoms with E-state index in [0.29, 0.717) is 17.8 Å². The quantitative estimate of drug-likeness (QED) is 0.0654. The predicted octanol–water partition coefficient (Wildman–Crippen LogP) is 16.8. The Labute approximate surface area is 761 Å². The number of hydrogen-bond acceptors (Lipinski definition) is 17. The Balaban J connectivity index is 0.0000000943. The minimum absolute atomic E-state index is 0.0864. The van der Waals surface area contributed by atoms with E-state index in [2.05, 4.69) is 197 Å². The molecule has 18 unspecified atom stereocenters. The van der Waals surface area contributed by atoms with Crippen LogP contribution < -0.4 is 47.9 Å². The van der Waals surface area contributed by atoms with Gasteiger partial charge in [-0.15, -0.1) is 0 Å². The standard InChI is InChI=1S/C14H14N2.C14H17N.C13H14FN.C12H16N2O.C12H14N2.2C11H15N3.2C11H13NO/c15-7-10-3-1-2-4-14(10)11-5-12-8-16-9-13(12)6-11;1-10-4-2-3-5-14(10)11-6-12-8-15-9-13(12)7-11;14-13-4-2-1-3-12(13)9-5-10-7-15-8-11(10)6-9;1-7-12(8(2)15-14-7)9-3-10-5-13-6-11(10)4-9;1-2-9(6-13-3-1)10-4-11-7-14-8-12(11)5-10;1-14-7-11(6-13-14)8-2-9-4-12-5-10(9)3-8;1-14-11(2-3-13-14)8-4-9-6-12-7-10(9)5-8;1-2-13-7-8(1)9-3-10-5-12-6-11(10)4-9;1-2-11(13-3-1)8-4-9-6-12-7-10(9)5-8/h1-5,12-13,16H,6,8-9H2;2-6,12-13,15H,7-9H2,1H3;1-5,10-11,15H,6-8H2;3,10-11,13H,4-6H2,1-2H3;1-4,6,11-12,14H,5,7-8H2;2,6-7,9-10,12H,3-5H2,1H3;2-4,9-10,12H,5-7H2,1H3;1-3,7,10-12H,4-6H2;1-4,9-10,12H,5-7H2. The van der Waals surface area contributed by atoms with Crippen molar-refractivity contribution in [2.45, 2.75) is 78.6 Å². The first-order chi connectivity index (χ1) is 63.3. The minimum atomic E-state index is -0.0864. The summed E-state index contributed by atoms with van der Waals surface area (Å²) in [6.07, 6.45) is 47.4. The molecule has 672 valence electrons. The molecule has 0 radical (unpaired) electrons. The molecule has 0 saturated carbocycles. The summed E-state index contributed by atoms with van der Waals surface area (Å²) >= 11 is 0. The molecule has 18 aliphatic rings. The molecule has 27 rings (SSSR count). The van der Waals surface area contributed by atoms with Gasteiger partial charge in [-0.1, -0.05) is 127 Å². The second kappa shape index (κ2) is 41.0. The third kappa shape index (κ3) is 20.6. The summed E-state index contributed by atoms with van der Waals surface area (Å²) in [7, 11) is 3.99. The van der Waals surface area contributed by atoms with E-state index in [-0.39, 0.29) is 5.82 Å². The van der Waals surface area contributed by atoms with E-state index < -0.39 is 0 Å². The van der Waals surface area contributed by atoms with Crippen LogP contribution in [0.5, 0.6) is 0 Å². The molecule has 18 atom stereocenters. The van der Waals surface area contributed by atoms with Crippen LogP contribution >= 0.6 is 0 Å². The Morgan fingerprint density at radius 3 is 1.24 bits per heavy atom. The van der Waals surface area contributed by atoms with Crippen LogP contribution in [0.15, 0.2) is 227 Å².